The summed E-state index contributed by atoms with van der Waals surface area (Å²) >= 11 is 1.81. The van der Waals surface area contributed by atoms with Crippen LogP contribution in [0.3, 0.4) is 0 Å². The third-order valence-corrected chi connectivity index (χ3v) is 4.27. The van der Waals surface area contributed by atoms with Gasteiger partial charge in [-0.1, -0.05) is 12.1 Å². The number of halogens is 1. The molecule has 2 rings (SSSR count). The number of thioether (sulfide) groups is 1. The van der Waals surface area contributed by atoms with Gasteiger partial charge in [0.25, 0.3) is 0 Å². The van der Waals surface area contributed by atoms with Crippen molar-refractivity contribution >= 4 is 11.8 Å². The fourth-order valence-corrected chi connectivity index (χ4v) is 3.39. The van der Waals surface area contributed by atoms with E-state index in [4.69, 9.17) is 0 Å². The second kappa shape index (κ2) is 4.05. The molecule has 0 saturated carbocycles. The lowest BCUT2D eigenvalue weighted by Gasteiger charge is -2.27. The number of hydrogen-bond donors (Lipinski definition) is 1. The van der Waals surface area contributed by atoms with Gasteiger partial charge < -0.3 is 5.11 Å². The number of aromatic hydroxyl groups is 1. The molecule has 3 heteroatoms. The van der Waals surface area contributed by atoms with E-state index in [2.05, 4.69) is 0 Å². The van der Waals surface area contributed by atoms with Crippen molar-refractivity contribution in [3.63, 3.8) is 0 Å². The number of hydrogen-bond acceptors (Lipinski definition) is 2. The predicted octanol–water partition coefficient (Wildman–Crippen LogP) is 3.33. The molecule has 0 amide bonds. The highest BCUT2D eigenvalue weighted by Gasteiger charge is 2.38. The van der Waals surface area contributed by atoms with E-state index in [9.17, 15) is 9.50 Å². The van der Waals surface area contributed by atoms with E-state index in [0.717, 1.165) is 17.9 Å². The molecule has 1 aliphatic rings. The Bertz CT molecular complexity index is 345. The lowest BCUT2D eigenvalue weighted by atomic mass is 9.84. The zero-order valence-corrected chi connectivity index (χ0v) is 9.56. The van der Waals surface area contributed by atoms with Crippen LogP contribution in [0.5, 0.6) is 5.75 Å². The number of rotatable bonds is 2. The average Bonchev–Trinajstić information content (AvgIpc) is 2.71. The van der Waals surface area contributed by atoms with Gasteiger partial charge >= 0.3 is 0 Å². The highest BCUT2D eigenvalue weighted by atomic mass is 32.2. The van der Waals surface area contributed by atoms with Crippen molar-refractivity contribution in [2.75, 3.05) is 11.5 Å². The van der Waals surface area contributed by atoms with Crippen LogP contribution in [0.2, 0.25) is 0 Å². The third kappa shape index (κ3) is 2.12. The first kappa shape index (κ1) is 10.8. The first-order valence-electron chi connectivity index (χ1n) is 5.17. The molecule has 2 unspecified atom stereocenters. The molecule has 0 aliphatic carbocycles. The van der Waals surface area contributed by atoms with Crippen LogP contribution >= 0.6 is 11.8 Å². The van der Waals surface area contributed by atoms with Crippen molar-refractivity contribution < 1.29 is 9.50 Å². The highest BCUT2D eigenvalue weighted by Crippen LogP contribution is 2.42. The van der Waals surface area contributed by atoms with Gasteiger partial charge in [-0.2, -0.15) is 11.8 Å². The Labute approximate surface area is 93.7 Å². The molecule has 1 saturated heterocycles. The Morgan fingerprint density at radius 3 is 2.93 bits per heavy atom. The fraction of sp³-hybridized carbons (Fsp3) is 0.500. The maximum atomic E-state index is 14.6. The van der Waals surface area contributed by atoms with Crippen molar-refractivity contribution in [3.8, 4) is 5.75 Å². The van der Waals surface area contributed by atoms with Crippen LogP contribution in [0.15, 0.2) is 24.3 Å². The Morgan fingerprint density at radius 1 is 1.53 bits per heavy atom. The fourth-order valence-electron chi connectivity index (χ4n) is 2.01. The van der Waals surface area contributed by atoms with Crippen molar-refractivity contribution in [1.29, 1.82) is 0 Å². The molecule has 0 aromatic heterocycles. The standard InChI is InChI=1S/C12H15FOS/c1-12(13,10-5-6-15-8-10)9-3-2-4-11(14)7-9/h2-4,7,10,14H,5-6,8H2,1H3. The van der Waals surface area contributed by atoms with Crippen molar-refractivity contribution in [1.82, 2.24) is 0 Å². The minimum absolute atomic E-state index is 0.0734. The minimum atomic E-state index is -1.32. The second-order valence-corrected chi connectivity index (χ2v) is 5.34. The van der Waals surface area contributed by atoms with Crippen LogP contribution in [0, 0.1) is 5.92 Å². The molecular formula is C12H15FOS. The van der Waals surface area contributed by atoms with Gasteiger partial charge in [-0.25, -0.2) is 4.39 Å². The predicted molar refractivity (Wildman–Crippen MR) is 62.0 cm³/mol. The summed E-state index contributed by atoms with van der Waals surface area (Å²) in [7, 11) is 0. The monoisotopic (exact) mass is 226 g/mol. The average molecular weight is 226 g/mol. The molecule has 0 radical (unpaired) electrons. The summed E-state index contributed by atoms with van der Waals surface area (Å²) < 4.78 is 14.6. The first-order valence-corrected chi connectivity index (χ1v) is 6.32. The highest BCUT2D eigenvalue weighted by molar-refractivity contribution is 7.99. The van der Waals surface area contributed by atoms with Gasteiger partial charge in [-0.05, 0) is 42.5 Å². The Kier molecular flexibility index (Phi) is 2.91. The lowest BCUT2D eigenvalue weighted by molar-refractivity contribution is 0.116. The molecule has 2 atom stereocenters. The zero-order valence-electron chi connectivity index (χ0n) is 8.74. The number of benzene rings is 1. The van der Waals surface area contributed by atoms with E-state index in [1.165, 1.54) is 6.07 Å². The van der Waals surface area contributed by atoms with E-state index >= 15 is 0 Å². The summed E-state index contributed by atoms with van der Waals surface area (Å²) in [6.45, 7) is 1.62. The van der Waals surface area contributed by atoms with Crippen LogP contribution in [0.25, 0.3) is 0 Å². The molecule has 1 N–H and O–H groups in total. The molecule has 1 aliphatic heterocycles. The molecule has 0 bridgehead atoms. The van der Waals surface area contributed by atoms with Gasteiger partial charge in [0.2, 0.25) is 0 Å². The van der Waals surface area contributed by atoms with Crippen molar-refractivity contribution in [3.05, 3.63) is 29.8 Å². The van der Waals surface area contributed by atoms with Gasteiger partial charge in [-0.3, -0.25) is 0 Å². The number of phenolic OH excluding ortho intramolecular Hbond substituents is 1. The molecule has 1 nitrogen and oxygen atoms in total. The maximum absolute atomic E-state index is 14.6. The summed E-state index contributed by atoms with van der Waals surface area (Å²) in [5.41, 5.74) is -0.725. The molecule has 0 spiro atoms. The Hall–Kier alpha value is -0.700. The molecular weight excluding hydrogens is 211 g/mol. The maximum Gasteiger partial charge on any atom is 0.137 e. The van der Waals surface area contributed by atoms with Crippen molar-refractivity contribution in [2.45, 2.75) is 19.0 Å². The van der Waals surface area contributed by atoms with Gasteiger partial charge in [0.15, 0.2) is 0 Å². The van der Waals surface area contributed by atoms with Crippen LogP contribution in [0.1, 0.15) is 18.9 Å². The van der Waals surface area contributed by atoms with E-state index < -0.39 is 5.67 Å². The van der Waals surface area contributed by atoms with E-state index in [-0.39, 0.29) is 11.7 Å². The molecule has 1 aromatic rings. The van der Waals surface area contributed by atoms with E-state index in [0.29, 0.717) is 5.56 Å². The quantitative estimate of drug-likeness (QED) is 0.834. The first-order chi connectivity index (χ1) is 7.10. The van der Waals surface area contributed by atoms with Gasteiger partial charge in [0.1, 0.15) is 11.4 Å². The van der Waals surface area contributed by atoms with Crippen LogP contribution in [0.4, 0.5) is 4.39 Å². The topological polar surface area (TPSA) is 20.2 Å². The zero-order chi connectivity index (χ0) is 10.9. The third-order valence-electron chi connectivity index (χ3n) is 3.11. The van der Waals surface area contributed by atoms with E-state index in [1.807, 2.05) is 0 Å². The van der Waals surface area contributed by atoms with Crippen LogP contribution < -0.4 is 0 Å². The van der Waals surface area contributed by atoms with E-state index in [1.54, 1.807) is 36.9 Å². The largest absolute Gasteiger partial charge is 0.508 e. The minimum Gasteiger partial charge on any atom is -0.508 e. The van der Waals surface area contributed by atoms with Crippen molar-refractivity contribution in [2.24, 2.45) is 5.92 Å². The smallest absolute Gasteiger partial charge is 0.137 e. The summed E-state index contributed by atoms with van der Waals surface area (Å²) in [6.07, 6.45) is 0.924. The molecule has 82 valence electrons. The lowest BCUT2D eigenvalue weighted by Crippen LogP contribution is -2.26. The molecule has 1 heterocycles. The van der Waals surface area contributed by atoms with Gasteiger partial charge in [0, 0.05) is 5.92 Å². The summed E-state index contributed by atoms with van der Waals surface area (Å²) in [4.78, 5) is 0. The Morgan fingerprint density at radius 2 is 2.33 bits per heavy atom. The summed E-state index contributed by atoms with van der Waals surface area (Å²) in [5.74, 6) is 2.14. The van der Waals surface area contributed by atoms with Crippen LogP contribution in [-0.4, -0.2) is 16.6 Å². The normalized spacial score (nSPS) is 25.1. The molecule has 15 heavy (non-hydrogen) atoms. The number of alkyl halides is 1. The summed E-state index contributed by atoms with van der Waals surface area (Å²) in [5, 5.41) is 9.35. The number of phenols is 1. The SMILES string of the molecule is CC(F)(c1cccc(O)c1)C1CCSC1. The van der Waals surface area contributed by atoms with Crippen LogP contribution in [-0.2, 0) is 5.67 Å². The van der Waals surface area contributed by atoms with Gasteiger partial charge in [-0.15, -0.1) is 0 Å². The Balaban J connectivity index is 2.27. The van der Waals surface area contributed by atoms with Gasteiger partial charge in [0.05, 0.1) is 0 Å². The summed E-state index contributed by atoms with van der Waals surface area (Å²) in [6, 6.07) is 6.55. The molecule has 1 aromatic carbocycles. The second-order valence-electron chi connectivity index (χ2n) is 4.19. The molecule has 1 fully saturated rings.